The number of amides is 1. The number of carbonyl (C=O) groups excluding carboxylic acids is 1. The maximum atomic E-state index is 13.2. The van der Waals surface area contributed by atoms with E-state index in [9.17, 15) is 4.79 Å². The van der Waals surface area contributed by atoms with Crippen molar-refractivity contribution in [2.75, 3.05) is 37.6 Å². The van der Waals surface area contributed by atoms with Crippen molar-refractivity contribution in [1.29, 1.82) is 0 Å². The molecule has 31 heavy (non-hydrogen) atoms. The Hall–Kier alpha value is -2.68. The van der Waals surface area contributed by atoms with E-state index in [0.29, 0.717) is 18.0 Å². The van der Waals surface area contributed by atoms with Crippen molar-refractivity contribution in [3.63, 3.8) is 0 Å². The van der Waals surface area contributed by atoms with E-state index in [0.717, 1.165) is 48.3 Å². The molecule has 1 unspecified atom stereocenters. The molecule has 7 nitrogen and oxygen atoms in total. The molecule has 9 heteroatoms. The first-order chi connectivity index (χ1) is 15.2. The number of halogens is 1. The number of carbonyl (C=O) groups is 1. The van der Waals surface area contributed by atoms with Crippen molar-refractivity contribution in [2.24, 2.45) is 5.10 Å². The summed E-state index contributed by atoms with van der Waals surface area (Å²) in [5, 5.41) is 8.97. The highest BCUT2D eigenvalue weighted by molar-refractivity contribution is 7.12. The Morgan fingerprint density at radius 1 is 1.16 bits per heavy atom. The van der Waals surface area contributed by atoms with Gasteiger partial charge in [0.1, 0.15) is 17.6 Å². The van der Waals surface area contributed by atoms with Crippen LogP contribution >= 0.6 is 22.9 Å². The van der Waals surface area contributed by atoms with Crippen LogP contribution in [0.3, 0.4) is 0 Å². The number of hydrazone groups is 1. The SMILES string of the molecule is O=C(CN1CCN(c2ccc(Cl)cn2)CC1)N1N=C(c2cccs2)CC1c1ccco1. The van der Waals surface area contributed by atoms with Crippen LogP contribution in [0, 0.1) is 0 Å². The lowest BCUT2D eigenvalue weighted by molar-refractivity contribution is -0.134. The zero-order valence-corrected chi connectivity index (χ0v) is 18.4. The lowest BCUT2D eigenvalue weighted by Gasteiger charge is -2.35. The van der Waals surface area contributed by atoms with Crippen molar-refractivity contribution in [3.05, 3.63) is 69.9 Å². The summed E-state index contributed by atoms with van der Waals surface area (Å²) in [6.45, 7) is 3.54. The largest absolute Gasteiger partial charge is 0.467 e. The lowest BCUT2D eigenvalue weighted by atomic mass is 10.1. The summed E-state index contributed by atoms with van der Waals surface area (Å²) in [5.74, 6) is 1.67. The van der Waals surface area contributed by atoms with Crippen molar-refractivity contribution in [3.8, 4) is 0 Å². The lowest BCUT2D eigenvalue weighted by Crippen LogP contribution is -2.49. The van der Waals surface area contributed by atoms with E-state index in [-0.39, 0.29) is 11.9 Å². The molecule has 3 aromatic rings. The average molecular weight is 456 g/mol. The fourth-order valence-corrected chi connectivity index (χ4v) is 4.82. The van der Waals surface area contributed by atoms with Crippen LogP contribution in [0.1, 0.15) is 23.1 Å². The minimum absolute atomic E-state index is 0.00831. The number of aromatic nitrogens is 1. The summed E-state index contributed by atoms with van der Waals surface area (Å²) in [7, 11) is 0. The minimum atomic E-state index is -0.195. The second kappa shape index (κ2) is 8.82. The molecule has 1 amide bonds. The van der Waals surface area contributed by atoms with E-state index in [1.54, 1.807) is 28.8 Å². The Morgan fingerprint density at radius 3 is 2.71 bits per heavy atom. The highest BCUT2D eigenvalue weighted by Crippen LogP contribution is 2.34. The van der Waals surface area contributed by atoms with Gasteiger partial charge < -0.3 is 9.32 Å². The number of pyridine rings is 1. The molecule has 0 saturated carbocycles. The van der Waals surface area contributed by atoms with Crippen LogP contribution in [0.5, 0.6) is 0 Å². The molecular weight excluding hydrogens is 434 g/mol. The smallest absolute Gasteiger partial charge is 0.257 e. The molecule has 0 aromatic carbocycles. The topological polar surface area (TPSA) is 65.2 Å². The first-order valence-corrected chi connectivity index (χ1v) is 11.5. The molecule has 0 aliphatic carbocycles. The van der Waals surface area contributed by atoms with Gasteiger partial charge in [-0.3, -0.25) is 9.69 Å². The van der Waals surface area contributed by atoms with Gasteiger partial charge in [-0.2, -0.15) is 5.10 Å². The van der Waals surface area contributed by atoms with E-state index < -0.39 is 0 Å². The maximum Gasteiger partial charge on any atom is 0.257 e. The van der Waals surface area contributed by atoms with Crippen LogP contribution < -0.4 is 4.90 Å². The van der Waals surface area contributed by atoms with Gasteiger partial charge in [-0.25, -0.2) is 9.99 Å². The number of hydrogen-bond donors (Lipinski definition) is 0. The number of nitrogens with zero attached hydrogens (tertiary/aromatic N) is 5. The van der Waals surface area contributed by atoms with E-state index in [1.165, 1.54) is 0 Å². The van der Waals surface area contributed by atoms with Gasteiger partial charge in [-0.15, -0.1) is 11.3 Å². The van der Waals surface area contributed by atoms with Crippen molar-refractivity contribution in [2.45, 2.75) is 12.5 Å². The van der Waals surface area contributed by atoms with Gasteiger partial charge in [0.05, 0.1) is 28.4 Å². The summed E-state index contributed by atoms with van der Waals surface area (Å²) >= 11 is 7.58. The van der Waals surface area contributed by atoms with Gasteiger partial charge in [0.25, 0.3) is 5.91 Å². The molecule has 5 rings (SSSR count). The van der Waals surface area contributed by atoms with Gasteiger partial charge in [-0.1, -0.05) is 17.7 Å². The standard InChI is InChI=1S/C22H22ClN5O2S/c23-16-5-6-21(24-14-16)27-9-7-26(8-10-27)15-22(29)28-18(19-3-1-11-30-19)13-17(25-28)20-4-2-12-31-20/h1-6,11-12,14,18H,7-10,13,15H2. The van der Waals surface area contributed by atoms with E-state index in [2.05, 4.69) is 14.8 Å². The predicted octanol–water partition coefficient (Wildman–Crippen LogP) is 3.89. The maximum absolute atomic E-state index is 13.2. The summed E-state index contributed by atoms with van der Waals surface area (Å²) < 4.78 is 5.62. The van der Waals surface area contributed by atoms with Gasteiger partial charge in [0.2, 0.25) is 0 Å². The molecule has 0 radical (unpaired) electrons. The zero-order valence-electron chi connectivity index (χ0n) is 16.9. The number of piperazine rings is 1. The summed E-state index contributed by atoms with van der Waals surface area (Å²) in [6, 6.07) is 11.4. The van der Waals surface area contributed by atoms with Crippen molar-refractivity contribution >= 4 is 40.4 Å². The second-order valence-electron chi connectivity index (χ2n) is 7.60. The first-order valence-electron chi connectivity index (χ1n) is 10.2. The summed E-state index contributed by atoms with van der Waals surface area (Å²) in [4.78, 5) is 23.1. The van der Waals surface area contributed by atoms with Crippen molar-refractivity contribution in [1.82, 2.24) is 14.9 Å². The molecule has 1 atom stereocenters. The minimum Gasteiger partial charge on any atom is -0.467 e. The molecule has 2 aliphatic heterocycles. The molecule has 1 fully saturated rings. The molecule has 1 saturated heterocycles. The summed E-state index contributed by atoms with van der Waals surface area (Å²) in [6.07, 6.45) is 3.97. The molecule has 0 spiro atoms. The van der Waals surface area contributed by atoms with Gasteiger partial charge in [-0.05, 0) is 35.7 Å². The van der Waals surface area contributed by atoms with Gasteiger partial charge >= 0.3 is 0 Å². The Morgan fingerprint density at radius 2 is 2.03 bits per heavy atom. The monoisotopic (exact) mass is 455 g/mol. The van der Waals surface area contributed by atoms with Crippen LogP contribution in [-0.2, 0) is 4.79 Å². The molecule has 2 aliphatic rings. The van der Waals surface area contributed by atoms with E-state index >= 15 is 0 Å². The van der Waals surface area contributed by atoms with Crippen LogP contribution in [0.25, 0.3) is 0 Å². The fourth-order valence-electron chi connectivity index (χ4n) is 3.99. The highest BCUT2D eigenvalue weighted by atomic mass is 35.5. The quantitative estimate of drug-likeness (QED) is 0.584. The number of rotatable bonds is 5. The normalized spacial score (nSPS) is 19.6. The molecule has 0 N–H and O–H groups in total. The van der Waals surface area contributed by atoms with E-state index in [4.69, 9.17) is 21.1 Å². The molecular formula is C22H22ClN5O2S. The average Bonchev–Trinajstić information content (AvgIpc) is 3.56. The summed E-state index contributed by atoms with van der Waals surface area (Å²) in [5.41, 5.74) is 0.934. The Labute approximate surface area is 189 Å². The molecule has 5 heterocycles. The van der Waals surface area contributed by atoms with Crippen LogP contribution in [-0.4, -0.2) is 59.2 Å². The number of hydrogen-bond acceptors (Lipinski definition) is 7. The zero-order chi connectivity index (χ0) is 21.2. The Kier molecular flexibility index (Phi) is 5.76. The molecule has 0 bridgehead atoms. The molecule has 160 valence electrons. The predicted molar refractivity (Wildman–Crippen MR) is 122 cm³/mol. The van der Waals surface area contributed by atoms with Crippen LogP contribution in [0.4, 0.5) is 5.82 Å². The number of anilines is 1. The highest BCUT2D eigenvalue weighted by Gasteiger charge is 2.36. The van der Waals surface area contributed by atoms with Crippen LogP contribution in [0.15, 0.2) is 63.8 Å². The third kappa shape index (κ3) is 4.37. The fraction of sp³-hybridized carbons (Fsp3) is 0.318. The Balaban J connectivity index is 1.25. The third-order valence-electron chi connectivity index (χ3n) is 5.61. The van der Waals surface area contributed by atoms with Crippen LogP contribution in [0.2, 0.25) is 5.02 Å². The van der Waals surface area contributed by atoms with Crippen molar-refractivity contribution < 1.29 is 9.21 Å². The molecule has 3 aromatic heterocycles. The Bertz CT molecular complexity index is 1040. The number of thiophene rings is 1. The second-order valence-corrected chi connectivity index (χ2v) is 8.98. The van der Waals surface area contributed by atoms with E-state index in [1.807, 2.05) is 41.8 Å². The first kappa shape index (κ1) is 20.2. The number of furan rings is 1. The van der Waals surface area contributed by atoms with Gasteiger partial charge in [0, 0.05) is 38.8 Å². The third-order valence-corrected chi connectivity index (χ3v) is 6.75. The van der Waals surface area contributed by atoms with Gasteiger partial charge in [0.15, 0.2) is 0 Å².